The first-order valence-corrected chi connectivity index (χ1v) is 14.9. The van der Waals surface area contributed by atoms with Crippen molar-refractivity contribution in [3.05, 3.63) is 173 Å². The molecule has 1 aliphatic rings. The first kappa shape index (κ1) is 29.1. The highest BCUT2D eigenvalue weighted by atomic mass is 19.4. The Morgan fingerprint density at radius 2 is 1.26 bits per heavy atom. The van der Waals surface area contributed by atoms with Crippen molar-refractivity contribution in [2.75, 3.05) is 0 Å². The molecule has 0 N–H and O–H groups in total. The van der Waals surface area contributed by atoms with Gasteiger partial charge < -0.3 is 4.74 Å². The molecule has 0 spiro atoms. The lowest BCUT2D eigenvalue weighted by molar-refractivity contribution is -0.137. The maximum Gasteiger partial charge on any atom is 0.416 e. The molecule has 0 bridgehead atoms. The summed E-state index contributed by atoms with van der Waals surface area (Å²) in [7, 11) is 0. The summed E-state index contributed by atoms with van der Waals surface area (Å²) in [6, 6.07) is 42.2. The van der Waals surface area contributed by atoms with Crippen LogP contribution in [-0.2, 0) is 18.1 Å². The van der Waals surface area contributed by atoms with E-state index < -0.39 is 17.3 Å². The molecular weight excluding hydrogens is 585 g/mol. The Bertz CT molecular complexity index is 1940. The number of rotatable bonds is 7. The number of alkyl halides is 3. The second kappa shape index (κ2) is 11.7. The predicted octanol–water partition coefficient (Wildman–Crippen LogP) is 8.74. The molecule has 8 heteroatoms. The molecule has 0 aliphatic heterocycles. The summed E-state index contributed by atoms with van der Waals surface area (Å²) in [6.45, 7) is 0. The Morgan fingerprint density at radius 1 is 0.696 bits per heavy atom. The molecule has 0 saturated carbocycles. The van der Waals surface area contributed by atoms with Crippen LogP contribution in [0.1, 0.15) is 51.6 Å². The Kier molecular flexibility index (Phi) is 7.37. The third-order valence-electron chi connectivity index (χ3n) is 8.46. The first-order chi connectivity index (χ1) is 22.4. The molecule has 1 heterocycles. The zero-order chi connectivity index (χ0) is 31.7. The van der Waals surface area contributed by atoms with Crippen molar-refractivity contribution < 1.29 is 17.9 Å². The zero-order valence-corrected chi connectivity index (χ0v) is 24.5. The van der Waals surface area contributed by atoms with E-state index in [-0.39, 0.29) is 28.8 Å². The van der Waals surface area contributed by atoms with Gasteiger partial charge in [-0.3, -0.25) is 0 Å². The Morgan fingerprint density at radius 3 is 1.83 bits per heavy atom. The highest BCUT2D eigenvalue weighted by Gasteiger charge is 2.42. The molecule has 1 aliphatic carbocycles. The van der Waals surface area contributed by atoms with Crippen molar-refractivity contribution in [1.82, 2.24) is 15.0 Å². The van der Waals surface area contributed by atoms with Gasteiger partial charge in [-0.1, -0.05) is 115 Å². The van der Waals surface area contributed by atoms with E-state index in [9.17, 15) is 18.4 Å². The van der Waals surface area contributed by atoms with Crippen LogP contribution < -0.4 is 4.74 Å². The van der Waals surface area contributed by atoms with Crippen LogP contribution in [0.15, 0.2) is 133 Å². The van der Waals surface area contributed by atoms with Crippen molar-refractivity contribution in [3.63, 3.8) is 0 Å². The lowest BCUT2D eigenvalue weighted by Crippen LogP contribution is -2.39. The minimum absolute atomic E-state index is 0.0254. The van der Waals surface area contributed by atoms with Crippen LogP contribution in [0.4, 0.5) is 13.2 Å². The monoisotopic (exact) mass is 612 g/mol. The van der Waals surface area contributed by atoms with Crippen molar-refractivity contribution in [2.24, 2.45) is 0 Å². The molecule has 0 fully saturated rings. The predicted molar refractivity (Wildman–Crippen MR) is 168 cm³/mol. The van der Waals surface area contributed by atoms with Crippen LogP contribution in [-0.4, -0.2) is 15.0 Å². The number of hydrogen-bond donors (Lipinski definition) is 0. The normalized spacial score (nSPS) is 14.4. The fraction of sp³-hybridized carbons (Fsp3) is 0.132. The smallest absolute Gasteiger partial charge is 0.416 e. The van der Waals surface area contributed by atoms with Crippen LogP contribution in [0, 0.1) is 11.3 Å². The average molecular weight is 613 g/mol. The lowest BCUT2D eigenvalue weighted by atomic mass is 9.77. The molecule has 5 nitrogen and oxygen atoms in total. The summed E-state index contributed by atoms with van der Waals surface area (Å²) in [4.78, 5) is 1.45. The topological polar surface area (TPSA) is 63.7 Å². The fourth-order valence-corrected chi connectivity index (χ4v) is 6.38. The number of hydrogen-bond acceptors (Lipinski definition) is 4. The van der Waals surface area contributed by atoms with Crippen molar-refractivity contribution >= 4 is 0 Å². The summed E-state index contributed by atoms with van der Waals surface area (Å²) in [5, 5.41) is 19.8. The second-order valence-electron chi connectivity index (χ2n) is 11.2. The molecule has 1 atom stereocenters. The van der Waals surface area contributed by atoms with E-state index in [1.807, 2.05) is 115 Å². The van der Waals surface area contributed by atoms with Gasteiger partial charge in [0.2, 0.25) is 0 Å². The number of ether oxygens (including phenoxy) is 1. The molecule has 1 unspecified atom stereocenters. The van der Waals surface area contributed by atoms with Gasteiger partial charge in [0, 0.05) is 5.56 Å². The number of halogens is 3. The van der Waals surface area contributed by atoms with Gasteiger partial charge in [0.25, 0.3) is 0 Å². The van der Waals surface area contributed by atoms with E-state index >= 15 is 0 Å². The van der Waals surface area contributed by atoms with Crippen LogP contribution in [0.2, 0.25) is 0 Å². The van der Waals surface area contributed by atoms with Gasteiger partial charge in [-0.25, -0.2) is 0 Å². The molecule has 0 amide bonds. The van der Waals surface area contributed by atoms with Crippen molar-refractivity contribution in [3.8, 4) is 23.1 Å². The zero-order valence-electron chi connectivity index (χ0n) is 24.5. The van der Waals surface area contributed by atoms with Crippen LogP contribution in [0.5, 0.6) is 5.75 Å². The number of aromatic nitrogens is 3. The third-order valence-corrected chi connectivity index (χ3v) is 8.46. The quantitative estimate of drug-likeness (QED) is 0.169. The number of fused-ring (bicyclic) bond motifs is 1. The van der Waals surface area contributed by atoms with Crippen molar-refractivity contribution in [2.45, 2.75) is 30.7 Å². The summed E-state index contributed by atoms with van der Waals surface area (Å²) in [5.41, 5.74) is 2.47. The number of aryl methyl sites for hydroxylation is 1. The van der Waals surface area contributed by atoms with E-state index in [1.165, 1.54) is 10.9 Å². The van der Waals surface area contributed by atoms with Gasteiger partial charge in [0.05, 0.1) is 5.56 Å². The van der Waals surface area contributed by atoms with Gasteiger partial charge >= 0.3 is 6.18 Å². The molecule has 226 valence electrons. The lowest BCUT2D eigenvalue weighted by Gasteiger charge is -2.34. The van der Waals surface area contributed by atoms with E-state index in [0.717, 1.165) is 46.4 Å². The molecule has 7 rings (SSSR count). The molecule has 46 heavy (non-hydrogen) atoms. The molecule has 0 radical (unpaired) electrons. The van der Waals surface area contributed by atoms with Crippen LogP contribution in [0.3, 0.4) is 0 Å². The standard InChI is InChI=1S/C38H27F3N4O/c39-38(40,41)31-22-27(23-32(24-31)46-35-21-20-26-12-10-11-19-33(26)35)36-34(25-42)43-45(44-36)37(28-13-4-1-5-14-28,29-15-6-2-7-16-29)30-17-8-3-9-18-30/h1-19,22-24,35H,20-21H2. The van der Waals surface area contributed by atoms with Gasteiger partial charge in [-0.2, -0.15) is 28.3 Å². The fourth-order valence-electron chi connectivity index (χ4n) is 6.38. The number of nitriles is 1. The van der Waals surface area contributed by atoms with Gasteiger partial charge in [-0.15, -0.1) is 5.10 Å². The van der Waals surface area contributed by atoms with E-state index in [1.54, 1.807) is 0 Å². The van der Waals surface area contributed by atoms with Crippen molar-refractivity contribution in [1.29, 1.82) is 5.26 Å². The second-order valence-corrected chi connectivity index (χ2v) is 11.2. The Balaban J connectivity index is 1.43. The maximum absolute atomic E-state index is 14.3. The molecule has 6 aromatic rings. The summed E-state index contributed by atoms with van der Waals surface area (Å²) in [6.07, 6.45) is -3.62. The Labute approximate surface area is 264 Å². The number of nitrogens with zero attached hydrogens (tertiary/aromatic N) is 4. The molecular formula is C38H27F3N4O. The highest BCUT2D eigenvalue weighted by molar-refractivity contribution is 5.67. The van der Waals surface area contributed by atoms with Gasteiger partial charge in [-0.05, 0) is 58.9 Å². The first-order valence-electron chi connectivity index (χ1n) is 14.9. The van der Waals surface area contributed by atoms with E-state index in [4.69, 9.17) is 9.84 Å². The minimum atomic E-state index is -4.66. The minimum Gasteiger partial charge on any atom is -0.486 e. The molecule has 5 aromatic carbocycles. The number of benzene rings is 5. The molecule has 1 aromatic heterocycles. The SMILES string of the molecule is N#Cc1nn(C(c2ccccc2)(c2ccccc2)c2ccccc2)nc1-c1cc(OC2CCc3ccccc32)cc(C(F)(F)F)c1. The van der Waals surface area contributed by atoms with Crippen LogP contribution >= 0.6 is 0 Å². The van der Waals surface area contributed by atoms with Gasteiger partial charge in [0.15, 0.2) is 11.2 Å². The summed E-state index contributed by atoms with van der Waals surface area (Å²) < 4.78 is 49.1. The highest BCUT2D eigenvalue weighted by Crippen LogP contribution is 2.43. The van der Waals surface area contributed by atoms with E-state index in [2.05, 4.69) is 11.2 Å². The van der Waals surface area contributed by atoms with Crippen LogP contribution in [0.25, 0.3) is 11.3 Å². The largest absolute Gasteiger partial charge is 0.486 e. The third kappa shape index (κ3) is 5.10. The Hall–Kier alpha value is -5.68. The molecule has 0 saturated heterocycles. The average Bonchev–Trinajstić information content (AvgIpc) is 3.71. The van der Waals surface area contributed by atoms with E-state index in [0.29, 0.717) is 6.42 Å². The van der Waals surface area contributed by atoms with Gasteiger partial charge in [0.1, 0.15) is 23.6 Å². The summed E-state index contributed by atoms with van der Waals surface area (Å²) >= 11 is 0. The maximum atomic E-state index is 14.3. The summed E-state index contributed by atoms with van der Waals surface area (Å²) in [5.74, 6) is 0.0467.